The van der Waals surface area contributed by atoms with Gasteiger partial charge in [-0.2, -0.15) is 0 Å². The van der Waals surface area contributed by atoms with Crippen molar-refractivity contribution in [3.8, 4) is 29.4 Å². The van der Waals surface area contributed by atoms with Gasteiger partial charge in [0.05, 0.1) is 16.6 Å². The van der Waals surface area contributed by atoms with E-state index in [9.17, 15) is 4.79 Å². The Bertz CT molecular complexity index is 1960. The van der Waals surface area contributed by atoms with Gasteiger partial charge >= 0.3 is 6.03 Å². The lowest BCUT2D eigenvalue weighted by Gasteiger charge is -2.22. The van der Waals surface area contributed by atoms with Crippen molar-refractivity contribution in [3.05, 3.63) is 178 Å². The van der Waals surface area contributed by atoms with Crippen LogP contribution < -0.4 is 4.74 Å². The number of halogens is 3. The SMILES string of the molecule is C(#CC1(C#Cc2ccccc2)C=CC(c2ccccc2)C=C1)c1ccccc1.CCCN(CCOc1c(Cl)cc(Cl)cc1Cl)C(=O)n1ccnc1. The third kappa shape index (κ3) is 10.9. The van der Waals surface area contributed by atoms with E-state index in [1.807, 2.05) is 73.7 Å². The average Bonchev–Trinajstić information content (AvgIpc) is 3.71. The predicted octanol–water partition coefficient (Wildman–Crippen LogP) is 10.6. The third-order valence-corrected chi connectivity index (χ3v) is 8.53. The quantitative estimate of drug-likeness (QED) is 0.124. The second kappa shape index (κ2) is 18.7. The molecule has 4 aromatic carbocycles. The molecule has 0 atom stereocenters. The van der Waals surface area contributed by atoms with Crippen LogP contribution in [0.2, 0.25) is 15.1 Å². The molecule has 5 aromatic rings. The molecule has 1 aliphatic carbocycles. The zero-order valence-corrected chi connectivity index (χ0v) is 30.3. The molecule has 1 aliphatic rings. The van der Waals surface area contributed by atoms with Gasteiger partial charge in [0, 0.05) is 41.0 Å². The van der Waals surface area contributed by atoms with E-state index in [1.165, 1.54) is 16.5 Å². The van der Waals surface area contributed by atoms with E-state index < -0.39 is 5.41 Å². The number of amides is 1. The summed E-state index contributed by atoms with van der Waals surface area (Å²) >= 11 is 18.0. The van der Waals surface area contributed by atoms with Gasteiger partial charge in [-0.3, -0.25) is 4.57 Å². The second-order valence-corrected chi connectivity index (χ2v) is 12.8. The van der Waals surface area contributed by atoms with Gasteiger partial charge < -0.3 is 9.64 Å². The summed E-state index contributed by atoms with van der Waals surface area (Å²) in [5.41, 5.74) is 2.68. The van der Waals surface area contributed by atoms with Gasteiger partial charge in [-0.25, -0.2) is 9.78 Å². The van der Waals surface area contributed by atoms with E-state index in [2.05, 4.69) is 77.2 Å². The van der Waals surface area contributed by atoms with Crippen LogP contribution in [0, 0.1) is 29.1 Å². The van der Waals surface area contributed by atoms with Gasteiger partial charge in [-0.05, 0) is 48.4 Å². The fourth-order valence-electron chi connectivity index (χ4n) is 5.15. The maximum absolute atomic E-state index is 12.3. The highest BCUT2D eigenvalue weighted by Gasteiger charge is 2.23. The van der Waals surface area contributed by atoms with Gasteiger partial charge in [-0.1, -0.05) is 156 Å². The molecule has 256 valence electrons. The Balaban J connectivity index is 0.000000202. The number of ether oxygens (including phenoxy) is 1. The number of allylic oxidation sites excluding steroid dienone is 4. The molecule has 8 heteroatoms. The van der Waals surface area contributed by atoms with Crippen molar-refractivity contribution in [1.82, 2.24) is 14.5 Å². The molecular weight excluding hydrogens is 697 g/mol. The molecule has 0 bridgehead atoms. The first-order valence-corrected chi connectivity index (χ1v) is 17.6. The number of aromatic nitrogens is 2. The van der Waals surface area contributed by atoms with Crippen molar-refractivity contribution in [2.24, 2.45) is 5.41 Å². The summed E-state index contributed by atoms with van der Waals surface area (Å²) in [4.78, 5) is 17.9. The van der Waals surface area contributed by atoms with Crippen molar-refractivity contribution in [3.63, 3.8) is 0 Å². The Labute approximate surface area is 315 Å². The zero-order chi connectivity index (χ0) is 35.9. The van der Waals surface area contributed by atoms with E-state index in [0.29, 0.717) is 33.9 Å². The van der Waals surface area contributed by atoms with E-state index in [1.54, 1.807) is 29.4 Å². The Morgan fingerprint density at radius 2 is 1.37 bits per heavy atom. The molecule has 0 fully saturated rings. The highest BCUT2D eigenvalue weighted by Crippen LogP contribution is 2.36. The van der Waals surface area contributed by atoms with Crippen LogP contribution in [0.1, 0.15) is 36.0 Å². The average molecular weight is 733 g/mol. The first-order chi connectivity index (χ1) is 24.9. The largest absolute Gasteiger partial charge is 0.489 e. The molecule has 51 heavy (non-hydrogen) atoms. The summed E-state index contributed by atoms with van der Waals surface area (Å²) < 4.78 is 7.05. The molecule has 0 radical (unpaired) electrons. The molecule has 5 nitrogen and oxygen atoms in total. The number of nitrogens with zero attached hydrogens (tertiary/aromatic N) is 3. The smallest absolute Gasteiger partial charge is 0.329 e. The van der Waals surface area contributed by atoms with Crippen LogP contribution in [0.5, 0.6) is 5.75 Å². The van der Waals surface area contributed by atoms with Crippen LogP contribution in [0.25, 0.3) is 0 Å². The number of benzene rings is 4. The molecule has 0 saturated carbocycles. The van der Waals surface area contributed by atoms with Gasteiger partial charge in [-0.15, -0.1) is 0 Å². The highest BCUT2D eigenvalue weighted by molar-refractivity contribution is 6.40. The summed E-state index contributed by atoms with van der Waals surface area (Å²) in [6.45, 7) is 3.28. The van der Waals surface area contributed by atoms with Gasteiger partial charge in [0.1, 0.15) is 18.3 Å². The molecule has 1 heterocycles. The number of carbonyl (C=O) groups is 1. The molecule has 1 aromatic heterocycles. The maximum Gasteiger partial charge on any atom is 0.329 e. The molecule has 6 rings (SSSR count). The fraction of sp³-hybridized carbons (Fsp3) is 0.163. The van der Waals surface area contributed by atoms with E-state index in [4.69, 9.17) is 39.5 Å². The maximum atomic E-state index is 12.3. The third-order valence-electron chi connectivity index (χ3n) is 7.75. The second-order valence-electron chi connectivity index (χ2n) is 11.5. The van der Waals surface area contributed by atoms with Crippen LogP contribution in [0.3, 0.4) is 0 Å². The fourth-order valence-corrected chi connectivity index (χ4v) is 6.08. The van der Waals surface area contributed by atoms with Gasteiger partial charge in [0.25, 0.3) is 0 Å². The predicted molar refractivity (Wildman–Crippen MR) is 208 cm³/mol. The Morgan fingerprint density at radius 1 is 0.824 bits per heavy atom. The lowest BCUT2D eigenvalue weighted by Crippen LogP contribution is -2.37. The van der Waals surface area contributed by atoms with Crippen molar-refractivity contribution < 1.29 is 9.53 Å². The molecule has 0 saturated heterocycles. The molecule has 0 spiro atoms. The number of hydrogen-bond acceptors (Lipinski definition) is 3. The minimum Gasteiger partial charge on any atom is -0.489 e. The van der Waals surface area contributed by atoms with Crippen molar-refractivity contribution in [2.45, 2.75) is 19.3 Å². The monoisotopic (exact) mass is 731 g/mol. The van der Waals surface area contributed by atoms with Gasteiger partial charge in [0.2, 0.25) is 0 Å². The minimum absolute atomic E-state index is 0.152. The topological polar surface area (TPSA) is 47.4 Å². The standard InChI is InChI=1S/C28H20.C15H16Cl3N3O2/c1-4-10-24(11-5-1)16-20-28(21-17-25-12-6-2-7-13-25)22-18-27(19-23-28)26-14-8-3-9-15-26;1-2-4-20(15(22)21-5-3-19-10-21)6-7-23-14-12(17)8-11(16)9-13(14)18/h1-15,18-19,22-23,27H;3,5,8-10H,2,4,6-7H2,1H3. The molecule has 0 N–H and O–H groups in total. The number of hydrogen-bond donors (Lipinski definition) is 0. The number of rotatable bonds is 7. The normalized spacial score (nSPS) is 12.7. The van der Waals surface area contributed by atoms with Crippen LogP contribution >= 0.6 is 34.8 Å². The van der Waals surface area contributed by atoms with Crippen molar-refractivity contribution >= 4 is 40.8 Å². The summed E-state index contributed by atoms with van der Waals surface area (Å²) in [5, 5.41) is 1.12. The molecule has 0 aliphatic heterocycles. The van der Waals surface area contributed by atoms with E-state index in [-0.39, 0.29) is 18.6 Å². The first kappa shape index (κ1) is 37.1. The van der Waals surface area contributed by atoms with Crippen LogP contribution in [0.15, 0.2) is 146 Å². The Morgan fingerprint density at radius 3 is 1.88 bits per heavy atom. The minimum atomic E-state index is -0.586. The molecule has 0 unspecified atom stereocenters. The first-order valence-electron chi connectivity index (χ1n) is 16.5. The Hall–Kier alpha value is -5.17. The highest BCUT2D eigenvalue weighted by atomic mass is 35.5. The van der Waals surface area contributed by atoms with Crippen molar-refractivity contribution in [2.75, 3.05) is 19.7 Å². The lowest BCUT2D eigenvalue weighted by molar-refractivity contribution is 0.184. The summed E-state index contributed by atoms with van der Waals surface area (Å²) in [7, 11) is 0. The van der Waals surface area contributed by atoms with Crippen LogP contribution in [0.4, 0.5) is 4.79 Å². The van der Waals surface area contributed by atoms with Crippen molar-refractivity contribution in [1.29, 1.82) is 0 Å². The van der Waals surface area contributed by atoms with Crippen LogP contribution in [-0.2, 0) is 0 Å². The molecule has 1 amide bonds. The van der Waals surface area contributed by atoms with Gasteiger partial charge in [0.15, 0.2) is 5.75 Å². The molecular formula is C43H36Cl3N3O2. The number of carbonyl (C=O) groups excluding carboxylic acids is 1. The lowest BCUT2D eigenvalue weighted by atomic mass is 9.80. The van der Waals surface area contributed by atoms with Crippen LogP contribution in [-0.4, -0.2) is 40.2 Å². The summed E-state index contributed by atoms with van der Waals surface area (Å²) in [5.74, 6) is 14.0. The number of imidazole rings is 1. The van der Waals surface area contributed by atoms with E-state index >= 15 is 0 Å². The summed E-state index contributed by atoms with van der Waals surface area (Å²) in [6, 6.07) is 33.6. The summed E-state index contributed by atoms with van der Waals surface area (Å²) in [6.07, 6.45) is 14.2. The Kier molecular flexibility index (Phi) is 13.6. The van der Waals surface area contributed by atoms with E-state index in [0.717, 1.165) is 17.5 Å². The zero-order valence-electron chi connectivity index (χ0n) is 28.1.